The normalized spacial score (nSPS) is 17.3. The Morgan fingerprint density at radius 1 is 1.56 bits per heavy atom. The number of carbonyl (C=O) groups is 1. The Morgan fingerprint density at radius 2 is 2.39 bits per heavy atom. The first-order valence-corrected chi connectivity index (χ1v) is 6.59. The second-order valence-corrected chi connectivity index (χ2v) is 5.50. The first-order valence-electron chi connectivity index (χ1n) is 5.71. The van der Waals surface area contributed by atoms with Crippen molar-refractivity contribution in [1.29, 1.82) is 0 Å². The molecule has 2 heterocycles. The van der Waals surface area contributed by atoms with Gasteiger partial charge in [0.1, 0.15) is 0 Å². The monoisotopic (exact) mass is 263 g/mol. The van der Waals surface area contributed by atoms with Gasteiger partial charge in [-0.1, -0.05) is 0 Å². The van der Waals surface area contributed by atoms with Crippen molar-refractivity contribution in [3.8, 4) is 0 Å². The van der Waals surface area contributed by atoms with E-state index in [1.54, 1.807) is 11.3 Å². The number of aliphatic carboxylic acids is 1. The van der Waals surface area contributed by atoms with Gasteiger partial charge in [0.25, 0.3) is 0 Å². The summed E-state index contributed by atoms with van der Waals surface area (Å²) in [5.74, 6) is -0.775. The molecule has 2 aromatic rings. The van der Waals surface area contributed by atoms with Crippen LogP contribution in [0.1, 0.15) is 6.42 Å². The smallest absolute Gasteiger partial charge is 0.305 e. The Morgan fingerprint density at radius 3 is 3.06 bits per heavy atom. The molecule has 0 aliphatic carbocycles. The van der Waals surface area contributed by atoms with E-state index in [9.17, 15) is 4.79 Å². The number of nitrogens with zero attached hydrogens (tertiary/aromatic N) is 1. The molecule has 0 spiro atoms. The minimum absolute atomic E-state index is 0.126. The van der Waals surface area contributed by atoms with Crippen LogP contribution in [-0.2, 0) is 4.79 Å². The molecule has 3 N–H and O–H groups in total. The molecule has 6 heteroatoms. The molecule has 0 saturated carbocycles. The molecule has 0 bridgehead atoms. The maximum atomic E-state index is 10.9. The van der Waals surface area contributed by atoms with Crippen LogP contribution in [0.25, 0.3) is 10.2 Å². The van der Waals surface area contributed by atoms with E-state index < -0.39 is 5.97 Å². The lowest BCUT2D eigenvalue weighted by Gasteiger charge is -2.43. The van der Waals surface area contributed by atoms with Crippen LogP contribution in [0.3, 0.4) is 0 Å². The van der Waals surface area contributed by atoms with E-state index in [2.05, 4.69) is 15.6 Å². The largest absolute Gasteiger partial charge is 0.481 e. The number of carboxylic acid groups (broad SMARTS) is 1. The van der Waals surface area contributed by atoms with Gasteiger partial charge in [-0.2, -0.15) is 0 Å². The highest BCUT2D eigenvalue weighted by atomic mass is 32.1. The van der Waals surface area contributed by atoms with Gasteiger partial charge in [0.2, 0.25) is 0 Å². The SMILES string of the molecule is O=C(O)CC1(Nc2ccc3ncsc3c2)CNC1. The van der Waals surface area contributed by atoms with Gasteiger partial charge in [-0.05, 0) is 18.2 Å². The minimum Gasteiger partial charge on any atom is -0.481 e. The molecule has 1 aromatic carbocycles. The number of aromatic nitrogens is 1. The molecule has 1 aliphatic rings. The summed E-state index contributed by atoms with van der Waals surface area (Å²) in [6.07, 6.45) is 0.126. The van der Waals surface area contributed by atoms with Crippen LogP contribution < -0.4 is 10.6 Å². The molecule has 0 unspecified atom stereocenters. The van der Waals surface area contributed by atoms with Crippen molar-refractivity contribution in [3.63, 3.8) is 0 Å². The highest BCUT2D eigenvalue weighted by Crippen LogP contribution is 2.27. The first-order chi connectivity index (χ1) is 8.67. The molecule has 1 fully saturated rings. The highest BCUT2D eigenvalue weighted by Gasteiger charge is 2.38. The molecule has 1 aliphatic heterocycles. The predicted octanol–water partition coefficient (Wildman–Crippen LogP) is 1.52. The van der Waals surface area contributed by atoms with E-state index >= 15 is 0 Å². The van der Waals surface area contributed by atoms with Gasteiger partial charge in [0.15, 0.2) is 0 Å². The van der Waals surface area contributed by atoms with Crippen LogP contribution in [0.4, 0.5) is 5.69 Å². The second kappa shape index (κ2) is 4.22. The summed E-state index contributed by atoms with van der Waals surface area (Å²) in [4.78, 5) is 15.1. The average Bonchev–Trinajstić information content (AvgIpc) is 2.72. The van der Waals surface area contributed by atoms with Gasteiger partial charge in [-0.15, -0.1) is 11.3 Å². The zero-order chi connectivity index (χ0) is 12.6. The summed E-state index contributed by atoms with van der Waals surface area (Å²) in [7, 11) is 0. The Kier molecular flexibility index (Phi) is 2.68. The lowest BCUT2D eigenvalue weighted by atomic mass is 9.88. The van der Waals surface area contributed by atoms with Crippen LogP contribution in [0, 0.1) is 0 Å². The van der Waals surface area contributed by atoms with E-state index in [4.69, 9.17) is 5.11 Å². The number of anilines is 1. The molecule has 1 aromatic heterocycles. The molecule has 0 radical (unpaired) electrons. The summed E-state index contributed by atoms with van der Waals surface area (Å²) >= 11 is 1.58. The first kappa shape index (κ1) is 11.4. The van der Waals surface area contributed by atoms with Gasteiger partial charge < -0.3 is 15.7 Å². The topological polar surface area (TPSA) is 74.2 Å². The average molecular weight is 263 g/mol. The molecular formula is C12H13N3O2S. The maximum Gasteiger partial charge on any atom is 0.305 e. The molecule has 0 amide bonds. The molecule has 1 saturated heterocycles. The number of fused-ring (bicyclic) bond motifs is 1. The Balaban J connectivity index is 1.83. The summed E-state index contributed by atoms with van der Waals surface area (Å²) in [5.41, 5.74) is 3.38. The van der Waals surface area contributed by atoms with Crippen molar-refractivity contribution in [1.82, 2.24) is 10.3 Å². The lowest BCUT2D eigenvalue weighted by molar-refractivity contribution is -0.138. The maximum absolute atomic E-state index is 10.9. The van der Waals surface area contributed by atoms with E-state index in [0.29, 0.717) is 13.1 Å². The Hall–Kier alpha value is -1.66. The number of nitrogens with one attached hydrogen (secondary N) is 2. The number of hydrogen-bond donors (Lipinski definition) is 3. The van der Waals surface area contributed by atoms with Crippen molar-refractivity contribution in [2.45, 2.75) is 12.0 Å². The van der Waals surface area contributed by atoms with Crippen LogP contribution in [0.5, 0.6) is 0 Å². The van der Waals surface area contributed by atoms with Crippen LogP contribution in [-0.4, -0.2) is 34.7 Å². The minimum atomic E-state index is -0.775. The lowest BCUT2D eigenvalue weighted by Crippen LogP contribution is -2.65. The van der Waals surface area contributed by atoms with Crippen LogP contribution in [0.15, 0.2) is 23.7 Å². The highest BCUT2D eigenvalue weighted by molar-refractivity contribution is 7.16. The fourth-order valence-electron chi connectivity index (χ4n) is 2.21. The third kappa shape index (κ3) is 2.04. The summed E-state index contributed by atoms with van der Waals surface area (Å²) in [5, 5.41) is 15.4. The Labute approximate surface area is 108 Å². The van der Waals surface area contributed by atoms with Crippen molar-refractivity contribution >= 4 is 33.2 Å². The van der Waals surface area contributed by atoms with Gasteiger partial charge >= 0.3 is 5.97 Å². The molecule has 3 rings (SSSR count). The number of thiazole rings is 1. The number of carboxylic acids is 1. The van der Waals surface area contributed by atoms with Gasteiger partial charge in [-0.25, -0.2) is 4.98 Å². The fraction of sp³-hybridized carbons (Fsp3) is 0.333. The van der Waals surface area contributed by atoms with Crippen LogP contribution >= 0.6 is 11.3 Å². The van der Waals surface area contributed by atoms with Crippen molar-refractivity contribution in [2.24, 2.45) is 0 Å². The third-order valence-corrected chi connectivity index (χ3v) is 3.95. The molecule has 0 atom stereocenters. The zero-order valence-corrected chi connectivity index (χ0v) is 10.5. The predicted molar refractivity (Wildman–Crippen MR) is 71.1 cm³/mol. The second-order valence-electron chi connectivity index (χ2n) is 4.61. The quantitative estimate of drug-likeness (QED) is 0.780. The summed E-state index contributed by atoms with van der Waals surface area (Å²) in [6, 6.07) is 5.92. The van der Waals surface area contributed by atoms with Crippen molar-refractivity contribution < 1.29 is 9.90 Å². The van der Waals surface area contributed by atoms with Gasteiger partial charge in [0.05, 0.1) is 27.7 Å². The molecule has 18 heavy (non-hydrogen) atoms. The summed E-state index contributed by atoms with van der Waals surface area (Å²) in [6.45, 7) is 1.36. The van der Waals surface area contributed by atoms with Gasteiger partial charge in [-0.3, -0.25) is 4.79 Å². The molecule has 5 nitrogen and oxygen atoms in total. The standard InChI is InChI=1S/C12H13N3O2S/c16-11(17)4-12(5-13-6-12)15-8-1-2-9-10(3-8)18-7-14-9/h1-3,7,13,15H,4-6H2,(H,16,17). The van der Waals surface area contributed by atoms with E-state index in [0.717, 1.165) is 15.9 Å². The van der Waals surface area contributed by atoms with Gasteiger partial charge in [0, 0.05) is 18.8 Å². The zero-order valence-electron chi connectivity index (χ0n) is 9.64. The fourth-order valence-corrected chi connectivity index (χ4v) is 2.93. The van der Waals surface area contributed by atoms with E-state index in [1.807, 2.05) is 23.7 Å². The number of rotatable bonds is 4. The van der Waals surface area contributed by atoms with E-state index in [-0.39, 0.29) is 12.0 Å². The molecular weight excluding hydrogens is 250 g/mol. The third-order valence-electron chi connectivity index (χ3n) is 3.16. The van der Waals surface area contributed by atoms with Crippen molar-refractivity contribution in [2.75, 3.05) is 18.4 Å². The molecule has 94 valence electrons. The van der Waals surface area contributed by atoms with Crippen molar-refractivity contribution in [3.05, 3.63) is 23.7 Å². The number of hydrogen-bond acceptors (Lipinski definition) is 5. The number of benzene rings is 1. The van der Waals surface area contributed by atoms with Crippen LogP contribution in [0.2, 0.25) is 0 Å². The van der Waals surface area contributed by atoms with E-state index in [1.165, 1.54) is 0 Å². The summed E-state index contributed by atoms with van der Waals surface area (Å²) < 4.78 is 1.11. The Bertz CT molecular complexity index is 592.